The molecule has 6 nitrogen and oxygen atoms in total. The molecule has 0 aromatic carbocycles. The van der Waals surface area contributed by atoms with E-state index in [1.54, 1.807) is 13.8 Å². The fraction of sp³-hybridized carbons (Fsp3) is 0.500. The van der Waals surface area contributed by atoms with E-state index in [9.17, 15) is 14.4 Å². The van der Waals surface area contributed by atoms with E-state index in [2.05, 4.69) is 10.1 Å². The highest BCUT2D eigenvalue weighted by Gasteiger charge is 2.29. The average molecular weight is 311 g/mol. The van der Waals surface area contributed by atoms with E-state index in [-0.39, 0.29) is 13.2 Å². The molecule has 1 N–H and O–H groups in total. The van der Waals surface area contributed by atoms with E-state index in [0.29, 0.717) is 10.6 Å². The van der Waals surface area contributed by atoms with Crippen LogP contribution in [0.4, 0.5) is 5.00 Å². The van der Waals surface area contributed by atoms with Crippen molar-refractivity contribution in [3.63, 3.8) is 0 Å². The van der Waals surface area contributed by atoms with E-state index in [4.69, 9.17) is 4.74 Å². The second-order valence-corrected chi connectivity index (χ2v) is 5.56. The van der Waals surface area contributed by atoms with Gasteiger partial charge in [-0.3, -0.25) is 4.79 Å². The number of anilines is 1. The Bertz CT molecular complexity index is 578. The van der Waals surface area contributed by atoms with Crippen LogP contribution in [-0.2, 0) is 31.9 Å². The molecule has 21 heavy (non-hydrogen) atoms. The van der Waals surface area contributed by atoms with Gasteiger partial charge >= 0.3 is 17.8 Å². The number of carbonyl (C=O) groups excluding carboxylic acids is 3. The lowest BCUT2D eigenvalue weighted by atomic mass is 10.1. The van der Waals surface area contributed by atoms with Gasteiger partial charge in [0.05, 0.1) is 18.8 Å². The summed E-state index contributed by atoms with van der Waals surface area (Å²) in [6.07, 6.45) is 2.65. The van der Waals surface area contributed by atoms with Crippen LogP contribution in [0, 0.1) is 0 Å². The Kier molecular flexibility index (Phi) is 4.95. The predicted octanol–water partition coefficient (Wildman–Crippen LogP) is 1.92. The highest BCUT2D eigenvalue weighted by atomic mass is 32.1. The molecule has 2 rings (SSSR count). The number of thiophene rings is 1. The van der Waals surface area contributed by atoms with Crippen molar-refractivity contribution in [1.82, 2.24) is 0 Å². The lowest BCUT2D eigenvalue weighted by Crippen LogP contribution is -2.25. The van der Waals surface area contributed by atoms with E-state index in [1.807, 2.05) is 0 Å². The first kappa shape index (κ1) is 15.5. The molecule has 0 spiro atoms. The molecule has 0 unspecified atom stereocenters. The molecule has 0 saturated heterocycles. The summed E-state index contributed by atoms with van der Waals surface area (Å²) in [4.78, 5) is 36.3. The zero-order valence-electron chi connectivity index (χ0n) is 12.0. The summed E-state index contributed by atoms with van der Waals surface area (Å²) in [6, 6.07) is 0. The number of hydrogen-bond acceptors (Lipinski definition) is 6. The van der Waals surface area contributed by atoms with Crippen molar-refractivity contribution in [3.8, 4) is 0 Å². The van der Waals surface area contributed by atoms with Crippen LogP contribution in [0.1, 0.15) is 41.1 Å². The van der Waals surface area contributed by atoms with Gasteiger partial charge in [-0.15, -0.1) is 11.3 Å². The third-order valence-corrected chi connectivity index (χ3v) is 4.30. The quantitative estimate of drug-likeness (QED) is 0.678. The third kappa shape index (κ3) is 3.24. The Balaban J connectivity index is 2.25. The van der Waals surface area contributed by atoms with Gasteiger partial charge in [-0.25, -0.2) is 9.59 Å². The molecule has 1 aromatic heterocycles. The second-order valence-electron chi connectivity index (χ2n) is 4.46. The Morgan fingerprint density at radius 3 is 2.52 bits per heavy atom. The standard InChI is InChI=1S/C14H17NO5S/c1-3-19-13(17)10-8-6-5-7-9(8)21-12(10)15-11(16)14(18)20-4-2/h3-7H2,1-2H3,(H,15,16). The number of carbonyl (C=O) groups is 3. The van der Waals surface area contributed by atoms with E-state index in [1.165, 1.54) is 11.3 Å². The van der Waals surface area contributed by atoms with E-state index >= 15 is 0 Å². The third-order valence-electron chi connectivity index (χ3n) is 3.09. The van der Waals surface area contributed by atoms with Gasteiger partial charge in [0.2, 0.25) is 0 Å². The van der Waals surface area contributed by atoms with Crippen LogP contribution in [0.15, 0.2) is 0 Å². The molecule has 1 aliphatic rings. The van der Waals surface area contributed by atoms with E-state index < -0.39 is 17.8 Å². The van der Waals surface area contributed by atoms with Gasteiger partial charge in [0.1, 0.15) is 5.00 Å². The van der Waals surface area contributed by atoms with Crippen LogP contribution < -0.4 is 5.32 Å². The van der Waals surface area contributed by atoms with Crippen molar-refractivity contribution in [2.24, 2.45) is 0 Å². The fourth-order valence-corrected chi connectivity index (χ4v) is 3.53. The van der Waals surface area contributed by atoms with E-state index in [0.717, 1.165) is 29.7 Å². The number of esters is 2. The lowest BCUT2D eigenvalue weighted by molar-refractivity contribution is -0.152. The number of amides is 1. The molecule has 1 aliphatic carbocycles. The largest absolute Gasteiger partial charge is 0.462 e. The highest BCUT2D eigenvalue weighted by molar-refractivity contribution is 7.17. The molecule has 7 heteroatoms. The number of fused-ring (bicyclic) bond motifs is 1. The summed E-state index contributed by atoms with van der Waals surface area (Å²) in [5.74, 6) is -2.29. The number of ether oxygens (including phenoxy) is 2. The summed E-state index contributed by atoms with van der Waals surface area (Å²) in [5, 5.41) is 2.84. The summed E-state index contributed by atoms with van der Waals surface area (Å²) < 4.78 is 9.68. The number of rotatable bonds is 4. The normalized spacial score (nSPS) is 12.7. The van der Waals surface area contributed by atoms with Crippen LogP contribution in [0.5, 0.6) is 0 Å². The van der Waals surface area contributed by atoms with Crippen molar-refractivity contribution in [1.29, 1.82) is 0 Å². The van der Waals surface area contributed by atoms with Crippen LogP contribution in [0.2, 0.25) is 0 Å². The van der Waals surface area contributed by atoms with Crippen LogP contribution in [0.25, 0.3) is 0 Å². The van der Waals surface area contributed by atoms with Crippen molar-refractivity contribution < 1.29 is 23.9 Å². The maximum atomic E-state index is 12.1. The summed E-state index contributed by atoms with van der Waals surface area (Å²) in [7, 11) is 0. The Labute approximate surface area is 126 Å². The number of hydrogen-bond donors (Lipinski definition) is 1. The molecular weight excluding hydrogens is 294 g/mol. The Morgan fingerprint density at radius 2 is 1.86 bits per heavy atom. The number of nitrogens with one attached hydrogen (secondary N) is 1. The minimum absolute atomic E-state index is 0.123. The maximum Gasteiger partial charge on any atom is 0.397 e. The fourth-order valence-electron chi connectivity index (χ4n) is 2.26. The minimum Gasteiger partial charge on any atom is -0.462 e. The Hall–Kier alpha value is -1.89. The van der Waals surface area contributed by atoms with Crippen LogP contribution >= 0.6 is 11.3 Å². The maximum absolute atomic E-state index is 12.1. The SMILES string of the molecule is CCOC(=O)C(=O)Nc1sc2c(c1C(=O)OCC)CCC2. The molecule has 0 aliphatic heterocycles. The molecule has 1 aromatic rings. The molecule has 0 fully saturated rings. The monoisotopic (exact) mass is 311 g/mol. The zero-order valence-corrected chi connectivity index (χ0v) is 12.8. The van der Waals surface area contributed by atoms with Crippen molar-refractivity contribution in [3.05, 3.63) is 16.0 Å². The van der Waals surface area contributed by atoms with Crippen LogP contribution in [-0.4, -0.2) is 31.1 Å². The Morgan fingerprint density at radius 1 is 1.14 bits per heavy atom. The summed E-state index contributed by atoms with van der Waals surface area (Å²) in [5.41, 5.74) is 1.31. The van der Waals surface area contributed by atoms with Gasteiger partial charge in [0.15, 0.2) is 0 Å². The van der Waals surface area contributed by atoms with Crippen molar-refractivity contribution in [2.75, 3.05) is 18.5 Å². The second kappa shape index (κ2) is 6.71. The molecule has 1 amide bonds. The molecule has 114 valence electrons. The van der Waals surface area contributed by atoms with Crippen LogP contribution in [0.3, 0.4) is 0 Å². The smallest absolute Gasteiger partial charge is 0.397 e. The topological polar surface area (TPSA) is 81.7 Å². The predicted molar refractivity (Wildman–Crippen MR) is 77.6 cm³/mol. The van der Waals surface area contributed by atoms with Gasteiger partial charge in [0, 0.05) is 4.88 Å². The van der Waals surface area contributed by atoms with Gasteiger partial charge in [-0.05, 0) is 38.7 Å². The van der Waals surface area contributed by atoms with Crippen molar-refractivity contribution >= 4 is 34.2 Å². The van der Waals surface area contributed by atoms with Gasteiger partial charge in [-0.2, -0.15) is 0 Å². The molecule has 0 saturated carbocycles. The van der Waals surface area contributed by atoms with Crippen molar-refractivity contribution in [2.45, 2.75) is 33.1 Å². The van der Waals surface area contributed by atoms with Gasteiger partial charge in [0.25, 0.3) is 0 Å². The summed E-state index contributed by atoms with van der Waals surface area (Å²) >= 11 is 1.33. The lowest BCUT2D eigenvalue weighted by Gasteiger charge is -2.07. The number of aryl methyl sites for hydroxylation is 1. The molecule has 0 bridgehead atoms. The minimum atomic E-state index is -0.958. The highest BCUT2D eigenvalue weighted by Crippen LogP contribution is 2.39. The van der Waals surface area contributed by atoms with Gasteiger partial charge < -0.3 is 14.8 Å². The first-order valence-corrected chi connectivity index (χ1v) is 7.69. The first-order chi connectivity index (χ1) is 10.1. The average Bonchev–Trinajstić information content (AvgIpc) is 2.99. The van der Waals surface area contributed by atoms with Gasteiger partial charge in [-0.1, -0.05) is 0 Å². The molecule has 0 atom stereocenters. The summed E-state index contributed by atoms with van der Waals surface area (Å²) in [6.45, 7) is 3.73. The molecule has 0 radical (unpaired) electrons. The molecule has 1 heterocycles. The first-order valence-electron chi connectivity index (χ1n) is 6.88. The zero-order chi connectivity index (χ0) is 15.4. The molecular formula is C14H17NO5S.